The summed E-state index contributed by atoms with van der Waals surface area (Å²) in [5.41, 5.74) is 1.31. The molecule has 2 unspecified atom stereocenters. The maximum absolute atomic E-state index is 13.2. The van der Waals surface area contributed by atoms with Gasteiger partial charge in [0, 0.05) is 57.9 Å². The zero-order valence-electron chi connectivity index (χ0n) is 18.8. The first kappa shape index (κ1) is 22.5. The minimum absolute atomic E-state index is 0.100. The van der Waals surface area contributed by atoms with Gasteiger partial charge in [0.05, 0.1) is 18.3 Å². The number of anilines is 1. The van der Waals surface area contributed by atoms with Crippen LogP contribution in [0.4, 0.5) is 5.82 Å². The van der Waals surface area contributed by atoms with Gasteiger partial charge in [0.2, 0.25) is 0 Å². The van der Waals surface area contributed by atoms with E-state index in [2.05, 4.69) is 19.0 Å². The molecule has 2 atom stereocenters. The Morgan fingerprint density at radius 3 is 2.56 bits per heavy atom. The second-order valence-corrected chi connectivity index (χ2v) is 8.87. The van der Waals surface area contributed by atoms with E-state index in [-0.39, 0.29) is 36.0 Å². The quantitative estimate of drug-likeness (QED) is 0.514. The van der Waals surface area contributed by atoms with Gasteiger partial charge in [-0.3, -0.25) is 9.59 Å². The van der Waals surface area contributed by atoms with Gasteiger partial charge in [0.1, 0.15) is 5.57 Å². The highest BCUT2D eigenvalue weighted by molar-refractivity contribution is 6.99. The van der Waals surface area contributed by atoms with Crippen molar-refractivity contribution in [3.63, 3.8) is 0 Å². The first-order chi connectivity index (χ1) is 15.5. The molecule has 3 heterocycles. The number of carbonyl (C=O) groups excluding carboxylic acids is 3. The van der Waals surface area contributed by atoms with Crippen LogP contribution in [0.3, 0.4) is 0 Å². The van der Waals surface area contributed by atoms with E-state index in [1.807, 2.05) is 0 Å². The van der Waals surface area contributed by atoms with Crippen LogP contribution in [-0.4, -0.2) is 94.2 Å². The number of likely N-dealkylation sites (N-methyl/N-ethyl adjacent to an activating group) is 1. The van der Waals surface area contributed by atoms with Gasteiger partial charge in [0.25, 0.3) is 11.8 Å². The summed E-state index contributed by atoms with van der Waals surface area (Å²) in [6.45, 7) is 4.04. The van der Waals surface area contributed by atoms with E-state index in [0.29, 0.717) is 37.7 Å². The van der Waals surface area contributed by atoms with Crippen molar-refractivity contribution in [2.24, 2.45) is 5.92 Å². The van der Waals surface area contributed by atoms with E-state index in [1.165, 1.54) is 0 Å². The number of nitrogens with zero attached hydrogens (tertiary/aromatic N) is 5. The predicted molar refractivity (Wildman–Crippen MR) is 119 cm³/mol. The van der Waals surface area contributed by atoms with E-state index in [1.54, 1.807) is 30.8 Å². The number of hydrogen-bond donors (Lipinski definition) is 1. The molecule has 2 fully saturated rings. The van der Waals surface area contributed by atoms with E-state index in [0.717, 1.165) is 43.1 Å². The van der Waals surface area contributed by atoms with E-state index in [9.17, 15) is 14.4 Å². The lowest BCUT2D eigenvalue weighted by Crippen LogP contribution is -2.56. The van der Waals surface area contributed by atoms with Crippen molar-refractivity contribution in [3.05, 3.63) is 17.0 Å². The number of nitrogens with one attached hydrogen (secondary N) is 1. The molecule has 2 amide bonds. The van der Waals surface area contributed by atoms with E-state index >= 15 is 0 Å². The molecule has 4 rings (SSSR count). The summed E-state index contributed by atoms with van der Waals surface area (Å²) in [6.07, 6.45) is 4.04. The number of aromatic nitrogens is 2. The average molecular weight is 463 g/mol. The normalized spacial score (nSPS) is 23.8. The Hall–Kier alpha value is -2.69. The van der Waals surface area contributed by atoms with Crippen molar-refractivity contribution < 1.29 is 19.1 Å². The van der Waals surface area contributed by atoms with E-state index in [4.69, 9.17) is 4.74 Å². The Kier molecular flexibility index (Phi) is 6.63. The second kappa shape index (κ2) is 9.43. The summed E-state index contributed by atoms with van der Waals surface area (Å²) in [4.78, 5) is 44.6. The fourth-order valence-corrected chi connectivity index (χ4v) is 5.64. The van der Waals surface area contributed by atoms with Crippen LogP contribution in [0.15, 0.2) is 11.3 Å². The lowest BCUT2D eigenvalue weighted by atomic mass is 9.76. The molecular formula is C21H30N6O4S. The predicted octanol–water partition coefficient (Wildman–Crippen LogP) is 1.19. The zero-order chi connectivity index (χ0) is 22.8. The van der Waals surface area contributed by atoms with Crippen molar-refractivity contribution in [2.45, 2.75) is 38.6 Å². The Bertz CT molecular complexity index is 923. The highest BCUT2D eigenvalue weighted by atomic mass is 32.1. The van der Waals surface area contributed by atoms with Gasteiger partial charge in [-0.25, -0.2) is 4.79 Å². The van der Waals surface area contributed by atoms with Crippen molar-refractivity contribution in [2.75, 3.05) is 52.2 Å². The molecule has 0 spiro atoms. The smallest absolute Gasteiger partial charge is 0.345 e. The van der Waals surface area contributed by atoms with Crippen LogP contribution in [0.5, 0.6) is 0 Å². The van der Waals surface area contributed by atoms with Gasteiger partial charge in [-0.2, -0.15) is 8.75 Å². The highest BCUT2D eigenvalue weighted by Crippen LogP contribution is 2.41. The molecule has 0 radical (unpaired) electrons. The van der Waals surface area contributed by atoms with Crippen molar-refractivity contribution in [1.29, 1.82) is 0 Å². The Balaban J connectivity index is 1.59. The molecule has 32 heavy (non-hydrogen) atoms. The number of rotatable bonds is 5. The number of piperazine rings is 1. The standard InChI is InChI=1S/C21H30N6O4S/c1-4-31-21(30)15-17(13-7-5-6-8-14(13)25(3)19(15)28)26-9-11-27(12-10-26)20(29)16-18(22-2)24-32-23-16/h13-14H,4-12H2,1-3H3,(H,22,24). The first-order valence-corrected chi connectivity index (χ1v) is 11.9. The average Bonchev–Trinajstić information content (AvgIpc) is 3.30. The largest absolute Gasteiger partial charge is 0.462 e. The Labute approximate surface area is 191 Å². The molecule has 1 aromatic heterocycles. The second-order valence-electron chi connectivity index (χ2n) is 8.35. The van der Waals surface area contributed by atoms with Crippen molar-refractivity contribution >= 4 is 35.3 Å². The molecule has 174 valence electrons. The molecular weight excluding hydrogens is 432 g/mol. The summed E-state index contributed by atoms with van der Waals surface area (Å²) in [5.74, 6) is -0.355. The fraction of sp³-hybridized carbons (Fsp3) is 0.667. The van der Waals surface area contributed by atoms with Gasteiger partial charge in [-0.05, 0) is 19.8 Å². The molecule has 3 aliphatic rings. The Morgan fingerprint density at radius 1 is 1.16 bits per heavy atom. The summed E-state index contributed by atoms with van der Waals surface area (Å²) in [7, 11) is 3.51. The van der Waals surface area contributed by atoms with Crippen LogP contribution in [0.1, 0.15) is 43.1 Å². The lowest BCUT2D eigenvalue weighted by molar-refractivity contribution is -0.144. The fourth-order valence-electron chi connectivity index (χ4n) is 5.10. The number of ether oxygens (including phenoxy) is 1. The molecule has 0 aromatic carbocycles. The van der Waals surface area contributed by atoms with Crippen molar-refractivity contribution in [1.82, 2.24) is 23.4 Å². The molecule has 2 aliphatic heterocycles. The van der Waals surface area contributed by atoms with Crippen LogP contribution in [0, 0.1) is 5.92 Å². The Morgan fingerprint density at radius 2 is 1.88 bits per heavy atom. The van der Waals surface area contributed by atoms with Crippen molar-refractivity contribution in [3.8, 4) is 0 Å². The van der Waals surface area contributed by atoms with Crippen LogP contribution in [0.25, 0.3) is 0 Å². The van der Waals surface area contributed by atoms with Gasteiger partial charge < -0.3 is 24.8 Å². The van der Waals surface area contributed by atoms with E-state index < -0.39 is 5.97 Å². The molecule has 1 aromatic rings. The van der Waals surface area contributed by atoms with Crippen LogP contribution in [-0.2, 0) is 14.3 Å². The summed E-state index contributed by atoms with van der Waals surface area (Å²) >= 11 is 1.01. The minimum Gasteiger partial charge on any atom is -0.462 e. The maximum Gasteiger partial charge on any atom is 0.345 e. The molecule has 1 saturated heterocycles. The topological polar surface area (TPSA) is 108 Å². The van der Waals surface area contributed by atoms with Crippen LogP contribution in [0.2, 0.25) is 0 Å². The third-order valence-corrected chi connectivity index (χ3v) is 7.21. The van der Waals surface area contributed by atoms with Crippen LogP contribution < -0.4 is 5.32 Å². The number of carbonyl (C=O) groups is 3. The molecule has 10 nitrogen and oxygen atoms in total. The molecule has 11 heteroatoms. The first-order valence-electron chi connectivity index (χ1n) is 11.2. The van der Waals surface area contributed by atoms with Gasteiger partial charge >= 0.3 is 5.97 Å². The number of amides is 2. The molecule has 1 aliphatic carbocycles. The highest BCUT2D eigenvalue weighted by Gasteiger charge is 2.46. The number of esters is 1. The maximum atomic E-state index is 13.2. The third-order valence-electron chi connectivity index (χ3n) is 6.68. The summed E-state index contributed by atoms with van der Waals surface area (Å²) in [6, 6.07) is 0.100. The summed E-state index contributed by atoms with van der Waals surface area (Å²) < 4.78 is 13.5. The monoisotopic (exact) mass is 462 g/mol. The zero-order valence-corrected chi connectivity index (χ0v) is 19.6. The lowest BCUT2D eigenvalue weighted by Gasteiger charge is -2.48. The van der Waals surface area contributed by atoms with Gasteiger partial charge in [0.15, 0.2) is 11.5 Å². The summed E-state index contributed by atoms with van der Waals surface area (Å²) in [5, 5.41) is 2.90. The molecule has 0 bridgehead atoms. The molecule has 1 saturated carbocycles. The number of hydrogen-bond acceptors (Lipinski definition) is 9. The molecule has 1 N–H and O–H groups in total. The van der Waals surface area contributed by atoms with Crippen LogP contribution >= 0.6 is 11.7 Å². The van der Waals surface area contributed by atoms with Gasteiger partial charge in [-0.15, -0.1) is 0 Å². The third kappa shape index (κ3) is 3.94. The minimum atomic E-state index is -0.547. The number of fused-ring (bicyclic) bond motifs is 1. The SMILES string of the molecule is CCOC(=O)C1=C(N2CCN(C(=O)c3nsnc3NC)CC2)C2CCCCC2N(C)C1=O. The van der Waals surface area contributed by atoms with Gasteiger partial charge in [-0.1, -0.05) is 12.8 Å².